The van der Waals surface area contributed by atoms with Crippen LogP contribution in [0.25, 0.3) is 0 Å². The number of hydrogen-bond donors (Lipinski definition) is 0. The third-order valence-corrected chi connectivity index (χ3v) is 2.71. The lowest BCUT2D eigenvalue weighted by molar-refractivity contribution is -0.137. The Bertz CT molecular complexity index is 246. The van der Waals surface area contributed by atoms with Gasteiger partial charge in [-0.25, -0.2) is 0 Å². The zero-order valence-electron chi connectivity index (χ0n) is 9.41. The summed E-state index contributed by atoms with van der Waals surface area (Å²) in [5, 5.41) is 0. The highest BCUT2D eigenvalue weighted by molar-refractivity contribution is 5.93. The molecule has 80 valence electrons. The average molecular weight is 197 g/mol. The number of ketones is 1. The monoisotopic (exact) mass is 197 g/mol. The van der Waals surface area contributed by atoms with Crippen LogP contribution >= 0.6 is 0 Å². The minimum Gasteiger partial charge on any atom is -0.330 e. The first kappa shape index (κ1) is 11.2. The minimum absolute atomic E-state index is 0.0205. The molecule has 1 atom stereocenters. The van der Waals surface area contributed by atoms with E-state index in [9.17, 15) is 9.59 Å². The summed E-state index contributed by atoms with van der Waals surface area (Å²) < 4.78 is 0. The van der Waals surface area contributed by atoms with Crippen molar-refractivity contribution < 1.29 is 9.59 Å². The summed E-state index contributed by atoms with van der Waals surface area (Å²) in [6, 6.07) is -0.0276. The van der Waals surface area contributed by atoms with Gasteiger partial charge in [0.2, 0.25) is 5.91 Å². The molecule has 0 saturated carbocycles. The molecule has 1 aliphatic heterocycles. The van der Waals surface area contributed by atoms with Crippen molar-refractivity contribution in [1.82, 2.24) is 4.90 Å². The molecule has 0 spiro atoms. The molecule has 0 aliphatic carbocycles. The maximum Gasteiger partial charge on any atom is 0.223 e. The van der Waals surface area contributed by atoms with Gasteiger partial charge in [0.1, 0.15) is 0 Å². The molecule has 1 amide bonds. The number of carbonyl (C=O) groups is 2. The third-order valence-electron chi connectivity index (χ3n) is 2.71. The number of carbonyl (C=O) groups excluding carboxylic acids is 2. The van der Waals surface area contributed by atoms with Gasteiger partial charge in [0.15, 0.2) is 5.78 Å². The highest BCUT2D eigenvalue weighted by Gasteiger charge is 2.37. The highest BCUT2D eigenvalue weighted by Crippen LogP contribution is 2.24. The maximum absolute atomic E-state index is 11.8. The van der Waals surface area contributed by atoms with Crippen LogP contribution < -0.4 is 0 Å². The Balaban J connectivity index is 2.79. The number of nitrogens with zero attached hydrogens (tertiary/aromatic N) is 1. The Morgan fingerprint density at radius 3 is 2.36 bits per heavy atom. The molecule has 0 unspecified atom stereocenters. The van der Waals surface area contributed by atoms with Gasteiger partial charge in [-0.1, -0.05) is 13.8 Å². The zero-order chi connectivity index (χ0) is 10.9. The topological polar surface area (TPSA) is 37.4 Å². The fraction of sp³-hybridized carbons (Fsp3) is 0.818. The van der Waals surface area contributed by atoms with E-state index >= 15 is 0 Å². The SMILES string of the molecule is CC(C)C(=O)[C@H]1CCC(=O)N1C(C)C. The smallest absolute Gasteiger partial charge is 0.223 e. The molecule has 0 radical (unpaired) electrons. The lowest BCUT2D eigenvalue weighted by atomic mass is 9.99. The van der Waals surface area contributed by atoms with Crippen molar-refractivity contribution in [3.8, 4) is 0 Å². The summed E-state index contributed by atoms with van der Waals surface area (Å²) in [6.45, 7) is 7.71. The summed E-state index contributed by atoms with van der Waals surface area (Å²) in [4.78, 5) is 25.1. The predicted molar refractivity (Wildman–Crippen MR) is 54.8 cm³/mol. The molecule has 14 heavy (non-hydrogen) atoms. The first-order valence-electron chi connectivity index (χ1n) is 5.30. The van der Waals surface area contributed by atoms with E-state index in [-0.39, 0.29) is 29.7 Å². The predicted octanol–water partition coefficient (Wildman–Crippen LogP) is 1.61. The van der Waals surface area contributed by atoms with Crippen LogP contribution in [0, 0.1) is 5.92 Å². The fourth-order valence-electron chi connectivity index (χ4n) is 2.01. The molecular weight excluding hydrogens is 178 g/mol. The van der Waals surface area contributed by atoms with Crippen molar-refractivity contribution in [2.45, 2.75) is 52.6 Å². The van der Waals surface area contributed by atoms with Gasteiger partial charge in [-0.2, -0.15) is 0 Å². The lowest BCUT2D eigenvalue weighted by Gasteiger charge is -2.28. The molecule has 1 saturated heterocycles. The summed E-state index contributed by atoms with van der Waals surface area (Å²) in [6.07, 6.45) is 1.23. The Morgan fingerprint density at radius 2 is 1.93 bits per heavy atom. The van der Waals surface area contributed by atoms with Crippen LogP contribution in [0.1, 0.15) is 40.5 Å². The molecule has 0 aromatic heterocycles. The van der Waals surface area contributed by atoms with Crippen LogP contribution in [0.2, 0.25) is 0 Å². The average Bonchev–Trinajstić information content (AvgIpc) is 2.45. The Hall–Kier alpha value is -0.860. The van der Waals surface area contributed by atoms with Gasteiger partial charge in [0.25, 0.3) is 0 Å². The van der Waals surface area contributed by atoms with E-state index in [0.29, 0.717) is 12.8 Å². The first-order chi connectivity index (χ1) is 6.45. The third kappa shape index (κ3) is 1.97. The van der Waals surface area contributed by atoms with Gasteiger partial charge in [0.05, 0.1) is 6.04 Å². The molecule has 1 fully saturated rings. The van der Waals surface area contributed by atoms with Crippen LogP contribution in [0.5, 0.6) is 0 Å². The van der Waals surface area contributed by atoms with E-state index in [1.165, 1.54) is 0 Å². The molecular formula is C11H19NO2. The second-order valence-corrected chi connectivity index (χ2v) is 4.51. The van der Waals surface area contributed by atoms with E-state index in [4.69, 9.17) is 0 Å². The molecule has 1 rings (SSSR count). The van der Waals surface area contributed by atoms with Crippen molar-refractivity contribution in [3.63, 3.8) is 0 Å². The summed E-state index contributed by atoms with van der Waals surface area (Å²) in [5.41, 5.74) is 0. The van der Waals surface area contributed by atoms with Crippen molar-refractivity contribution in [2.75, 3.05) is 0 Å². The molecule has 1 aliphatic rings. The van der Waals surface area contributed by atoms with E-state index in [0.717, 1.165) is 0 Å². The second-order valence-electron chi connectivity index (χ2n) is 4.51. The van der Waals surface area contributed by atoms with Crippen molar-refractivity contribution >= 4 is 11.7 Å². The molecule has 1 heterocycles. The van der Waals surface area contributed by atoms with Gasteiger partial charge < -0.3 is 4.90 Å². The van der Waals surface area contributed by atoms with E-state index in [2.05, 4.69) is 0 Å². The molecule has 0 bridgehead atoms. The number of likely N-dealkylation sites (tertiary alicyclic amines) is 1. The highest BCUT2D eigenvalue weighted by atomic mass is 16.2. The second kappa shape index (κ2) is 4.11. The van der Waals surface area contributed by atoms with Gasteiger partial charge in [-0.05, 0) is 20.3 Å². The lowest BCUT2D eigenvalue weighted by Crippen LogP contribution is -2.44. The van der Waals surface area contributed by atoms with Crippen LogP contribution in [0.15, 0.2) is 0 Å². The molecule has 0 aromatic rings. The summed E-state index contributed by atoms with van der Waals surface area (Å²) >= 11 is 0. The van der Waals surface area contributed by atoms with Crippen LogP contribution in [-0.4, -0.2) is 28.7 Å². The number of Topliss-reactive ketones (excluding diaryl/α,β-unsaturated/α-hetero) is 1. The van der Waals surface area contributed by atoms with Crippen molar-refractivity contribution in [3.05, 3.63) is 0 Å². The van der Waals surface area contributed by atoms with Crippen molar-refractivity contribution in [1.29, 1.82) is 0 Å². The maximum atomic E-state index is 11.8. The molecule has 3 nitrogen and oxygen atoms in total. The molecule has 0 aromatic carbocycles. The summed E-state index contributed by atoms with van der Waals surface area (Å²) in [7, 11) is 0. The van der Waals surface area contributed by atoms with E-state index in [1.54, 1.807) is 4.90 Å². The van der Waals surface area contributed by atoms with Gasteiger partial charge in [-0.15, -0.1) is 0 Å². The standard InChI is InChI=1S/C11H19NO2/c1-7(2)11(14)9-5-6-10(13)12(9)8(3)4/h7-9H,5-6H2,1-4H3/t9-/m1/s1. The quantitative estimate of drug-likeness (QED) is 0.689. The van der Waals surface area contributed by atoms with E-state index in [1.807, 2.05) is 27.7 Å². The molecule has 3 heteroatoms. The minimum atomic E-state index is -0.164. The van der Waals surface area contributed by atoms with Gasteiger partial charge >= 0.3 is 0 Å². The Labute approximate surface area is 85.5 Å². The number of hydrogen-bond acceptors (Lipinski definition) is 2. The van der Waals surface area contributed by atoms with E-state index < -0.39 is 0 Å². The normalized spacial score (nSPS) is 22.6. The number of amides is 1. The number of rotatable bonds is 3. The van der Waals surface area contributed by atoms with Crippen LogP contribution in [0.4, 0.5) is 0 Å². The zero-order valence-corrected chi connectivity index (χ0v) is 9.41. The van der Waals surface area contributed by atoms with Crippen molar-refractivity contribution in [2.24, 2.45) is 5.92 Å². The Kier molecular flexibility index (Phi) is 3.29. The fourth-order valence-corrected chi connectivity index (χ4v) is 2.01. The van der Waals surface area contributed by atoms with Gasteiger partial charge in [-0.3, -0.25) is 9.59 Å². The van der Waals surface area contributed by atoms with Crippen LogP contribution in [-0.2, 0) is 9.59 Å². The first-order valence-corrected chi connectivity index (χ1v) is 5.30. The largest absolute Gasteiger partial charge is 0.330 e. The molecule has 0 N–H and O–H groups in total. The van der Waals surface area contributed by atoms with Crippen LogP contribution in [0.3, 0.4) is 0 Å². The van der Waals surface area contributed by atoms with Gasteiger partial charge in [0, 0.05) is 18.4 Å². The Morgan fingerprint density at radius 1 is 1.36 bits per heavy atom. The summed E-state index contributed by atoms with van der Waals surface area (Å²) in [5.74, 6) is 0.343.